The Hall–Kier alpha value is -2.68. The van der Waals surface area contributed by atoms with Crippen molar-refractivity contribution in [1.29, 1.82) is 0 Å². The molecule has 0 radical (unpaired) electrons. The van der Waals surface area contributed by atoms with Gasteiger partial charge in [0.05, 0.1) is 19.1 Å². The minimum Gasteiger partial charge on any atom is -0.481 e. The molecule has 1 atom stereocenters. The summed E-state index contributed by atoms with van der Waals surface area (Å²) in [6.07, 6.45) is 0.792. The van der Waals surface area contributed by atoms with Gasteiger partial charge in [0.15, 0.2) is 0 Å². The van der Waals surface area contributed by atoms with Crippen LogP contribution in [-0.4, -0.2) is 46.3 Å². The van der Waals surface area contributed by atoms with E-state index in [1.807, 2.05) is 0 Å². The molecule has 0 aliphatic heterocycles. The van der Waals surface area contributed by atoms with E-state index >= 15 is 0 Å². The number of carbonyl (C=O) groups excluding carboxylic acids is 1. The molecule has 1 aromatic heterocycles. The van der Waals surface area contributed by atoms with Gasteiger partial charge in [-0.15, -0.1) is 0 Å². The molecule has 0 bridgehead atoms. The predicted octanol–water partition coefficient (Wildman–Crippen LogP) is 2.12. The molecule has 126 valence electrons. The van der Waals surface area contributed by atoms with Crippen molar-refractivity contribution in [2.24, 2.45) is 0 Å². The maximum absolute atomic E-state index is 12.0. The van der Waals surface area contributed by atoms with E-state index < -0.39 is 30.4 Å². The zero-order valence-corrected chi connectivity index (χ0v) is 14.0. The largest absolute Gasteiger partial charge is 0.481 e. The fraction of sp³-hybridized carbons (Fsp3) is 0.200. The number of benzene rings is 1. The van der Waals surface area contributed by atoms with Crippen LogP contribution in [0.3, 0.4) is 0 Å². The van der Waals surface area contributed by atoms with Gasteiger partial charge >= 0.3 is 17.9 Å². The fourth-order valence-electron chi connectivity index (χ4n) is 2.19. The molecule has 0 fully saturated rings. The first-order valence-corrected chi connectivity index (χ1v) is 7.51. The van der Waals surface area contributed by atoms with Crippen LogP contribution in [0.1, 0.15) is 16.8 Å². The number of anilines is 1. The maximum Gasteiger partial charge on any atom is 0.338 e. The minimum atomic E-state index is -1.40. The van der Waals surface area contributed by atoms with Crippen LogP contribution in [0.15, 0.2) is 28.9 Å². The summed E-state index contributed by atoms with van der Waals surface area (Å²) >= 11 is 3.32. The first-order chi connectivity index (χ1) is 11.3. The molecule has 1 aromatic carbocycles. The molecule has 0 saturated carbocycles. The SMILES string of the molecule is COC(=O)c1cccc2c(Br)cnc(NC(CC(=O)O)C(=O)O)c12. The molecule has 1 unspecified atom stereocenters. The number of aliphatic carboxylic acids is 2. The molecule has 0 saturated heterocycles. The van der Waals surface area contributed by atoms with Crippen molar-refractivity contribution in [3.8, 4) is 0 Å². The number of rotatable bonds is 6. The molecule has 24 heavy (non-hydrogen) atoms. The Labute approximate surface area is 144 Å². The van der Waals surface area contributed by atoms with Crippen LogP contribution in [0.4, 0.5) is 5.82 Å². The highest BCUT2D eigenvalue weighted by molar-refractivity contribution is 9.10. The van der Waals surface area contributed by atoms with E-state index in [1.54, 1.807) is 12.1 Å². The number of aromatic nitrogens is 1. The number of halogens is 1. The van der Waals surface area contributed by atoms with Gasteiger partial charge in [-0.05, 0) is 22.0 Å². The number of ether oxygens (including phenoxy) is 1. The van der Waals surface area contributed by atoms with Crippen LogP contribution in [0.5, 0.6) is 0 Å². The lowest BCUT2D eigenvalue weighted by molar-refractivity contribution is -0.144. The standard InChI is InChI=1S/C15H13BrN2O6/c1-24-15(23)8-4-2-3-7-9(16)6-17-13(12(7)8)18-10(14(21)22)5-11(19)20/h2-4,6,10H,5H2,1H3,(H,17,18)(H,19,20)(H,21,22). The highest BCUT2D eigenvalue weighted by atomic mass is 79.9. The van der Waals surface area contributed by atoms with Crippen LogP contribution >= 0.6 is 15.9 Å². The average Bonchev–Trinajstić information content (AvgIpc) is 2.55. The van der Waals surface area contributed by atoms with Gasteiger partial charge in [-0.3, -0.25) is 4.79 Å². The lowest BCUT2D eigenvalue weighted by atomic mass is 10.0. The number of carboxylic acids is 2. The minimum absolute atomic E-state index is 0.0860. The third-order valence-corrected chi connectivity index (χ3v) is 3.89. The normalized spacial score (nSPS) is 11.8. The Morgan fingerprint density at radius 1 is 1.33 bits per heavy atom. The lowest BCUT2D eigenvalue weighted by Crippen LogP contribution is -2.32. The molecule has 1 heterocycles. The summed E-state index contributed by atoms with van der Waals surface area (Å²) < 4.78 is 5.33. The maximum atomic E-state index is 12.0. The molecular weight excluding hydrogens is 384 g/mol. The summed E-state index contributed by atoms with van der Waals surface area (Å²) in [5, 5.41) is 21.6. The molecule has 8 nitrogen and oxygen atoms in total. The van der Waals surface area contributed by atoms with Crippen molar-refractivity contribution in [3.63, 3.8) is 0 Å². The van der Waals surface area contributed by atoms with Gasteiger partial charge in [0.1, 0.15) is 11.9 Å². The predicted molar refractivity (Wildman–Crippen MR) is 88.1 cm³/mol. The van der Waals surface area contributed by atoms with Gasteiger partial charge in [0, 0.05) is 21.4 Å². The quantitative estimate of drug-likeness (QED) is 0.633. The van der Waals surface area contributed by atoms with Crippen molar-refractivity contribution in [2.45, 2.75) is 12.5 Å². The second-order valence-corrected chi connectivity index (χ2v) is 5.66. The molecule has 2 rings (SSSR count). The average molecular weight is 397 g/mol. The fourth-order valence-corrected chi connectivity index (χ4v) is 2.62. The highest BCUT2D eigenvalue weighted by Gasteiger charge is 2.24. The molecule has 0 spiro atoms. The number of fused-ring (bicyclic) bond motifs is 1. The van der Waals surface area contributed by atoms with E-state index in [-0.39, 0.29) is 11.4 Å². The van der Waals surface area contributed by atoms with E-state index in [0.29, 0.717) is 15.2 Å². The summed E-state index contributed by atoms with van der Waals surface area (Å²) in [6, 6.07) is 3.48. The Bertz CT molecular complexity index is 823. The molecular formula is C15H13BrN2O6. The summed E-state index contributed by atoms with van der Waals surface area (Å²) in [6.45, 7) is 0. The van der Waals surface area contributed by atoms with Crippen molar-refractivity contribution < 1.29 is 29.3 Å². The summed E-state index contributed by atoms with van der Waals surface area (Å²) in [7, 11) is 1.23. The van der Waals surface area contributed by atoms with Gasteiger partial charge < -0.3 is 20.3 Å². The smallest absolute Gasteiger partial charge is 0.338 e. The first kappa shape index (κ1) is 17.7. The second-order valence-electron chi connectivity index (χ2n) is 4.81. The summed E-state index contributed by atoms with van der Waals surface area (Å²) in [4.78, 5) is 38.2. The van der Waals surface area contributed by atoms with Crippen molar-refractivity contribution in [3.05, 3.63) is 34.4 Å². The number of nitrogens with one attached hydrogen (secondary N) is 1. The van der Waals surface area contributed by atoms with Crippen LogP contribution < -0.4 is 5.32 Å². The van der Waals surface area contributed by atoms with Gasteiger partial charge in [-0.2, -0.15) is 0 Å². The van der Waals surface area contributed by atoms with Crippen molar-refractivity contribution >= 4 is 50.4 Å². The Kier molecular flexibility index (Phi) is 5.35. The van der Waals surface area contributed by atoms with Gasteiger partial charge in [0.2, 0.25) is 0 Å². The monoisotopic (exact) mass is 396 g/mol. The lowest BCUT2D eigenvalue weighted by Gasteiger charge is -2.16. The Balaban J connectivity index is 2.61. The number of hydrogen-bond donors (Lipinski definition) is 3. The van der Waals surface area contributed by atoms with Crippen molar-refractivity contribution in [2.75, 3.05) is 12.4 Å². The molecule has 2 aromatic rings. The number of pyridine rings is 1. The van der Waals surface area contributed by atoms with Gasteiger partial charge in [-0.1, -0.05) is 12.1 Å². The van der Waals surface area contributed by atoms with E-state index in [2.05, 4.69) is 26.2 Å². The number of methoxy groups -OCH3 is 1. The molecule has 9 heteroatoms. The number of esters is 1. The Morgan fingerprint density at radius 2 is 2.04 bits per heavy atom. The number of hydrogen-bond acceptors (Lipinski definition) is 6. The van der Waals surface area contributed by atoms with Crippen LogP contribution in [0, 0.1) is 0 Å². The van der Waals surface area contributed by atoms with E-state index in [1.165, 1.54) is 19.4 Å². The number of nitrogens with zero attached hydrogens (tertiary/aromatic N) is 1. The van der Waals surface area contributed by atoms with Gasteiger partial charge in [-0.25, -0.2) is 14.6 Å². The Morgan fingerprint density at radius 3 is 2.62 bits per heavy atom. The molecule has 0 aliphatic rings. The van der Waals surface area contributed by atoms with Gasteiger partial charge in [0.25, 0.3) is 0 Å². The highest BCUT2D eigenvalue weighted by Crippen LogP contribution is 2.31. The molecule has 0 aliphatic carbocycles. The molecule has 0 amide bonds. The number of carboxylic acid groups (broad SMARTS) is 2. The number of carbonyl (C=O) groups is 3. The zero-order valence-electron chi connectivity index (χ0n) is 12.4. The van der Waals surface area contributed by atoms with Crippen LogP contribution in [-0.2, 0) is 14.3 Å². The third kappa shape index (κ3) is 3.62. The third-order valence-electron chi connectivity index (χ3n) is 3.26. The second kappa shape index (κ2) is 7.26. The van der Waals surface area contributed by atoms with Crippen LogP contribution in [0.2, 0.25) is 0 Å². The topological polar surface area (TPSA) is 126 Å². The summed E-state index contributed by atoms with van der Waals surface area (Å²) in [5.41, 5.74) is 0.186. The van der Waals surface area contributed by atoms with E-state index in [0.717, 1.165) is 0 Å². The van der Waals surface area contributed by atoms with E-state index in [4.69, 9.17) is 9.84 Å². The van der Waals surface area contributed by atoms with Crippen molar-refractivity contribution in [1.82, 2.24) is 4.98 Å². The zero-order chi connectivity index (χ0) is 17.9. The summed E-state index contributed by atoms with van der Waals surface area (Å²) in [5.74, 6) is -3.15. The van der Waals surface area contributed by atoms with Crippen LogP contribution in [0.25, 0.3) is 10.8 Å². The van der Waals surface area contributed by atoms with E-state index in [9.17, 15) is 19.5 Å². The first-order valence-electron chi connectivity index (χ1n) is 6.71. The molecule has 3 N–H and O–H groups in total.